The number of carbonyl (C=O) groups excluding carboxylic acids is 1. The van der Waals surface area contributed by atoms with Crippen molar-refractivity contribution in [1.29, 1.82) is 0 Å². The first-order valence-electron chi connectivity index (χ1n) is 8.51. The normalized spacial score (nSPS) is 14.4. The predicted octanol–water partition coefficient (Wildman–Crippen LogP) is 2.14. The van der Waals surface area contributed by atoms with E-state index in [2.05, 4.69) is 5.10 Å². The smallest absolute Gasteiger partial charge is 0.259 e. The van der Waals surface area contributed by atoms with Crippen LogP contribution in [0.3, 0.4) is 0 Å². The second-order valence-electron chi connectivity index (χ2n) is 5.99. The van der Waals surface area contributed by atoms with Gasteiger partial charge in [0.1, 0.15) is 11.3 Å². The van der Waals surface area contributed by atoms with E-state index >= 15 is 0 Å². The van der Waals surface area contributed by atoms with Crippen molar-refractivity contribution in [1.82, 2.24) is 19.2 Å². The summed E-state index contributed by atoms with van der Waals surface area (Å²) in [5.41, 5.74) is 1.43. The van der Waals surface area contributed by atoms with E-state index in [-0.39, 0.29) is 5.91 Å². The number of morpholine rings is 1. The molecule has 1 aromatic carbocycles. The number of hydrogen-bond acceptors (Lipinski definition) is 4. The number of aromatic nitrogens is 3. The highest BCUT2D eigenvalue weighted by molar-refractivity contribution is 5.97. The van der Waals surface area contributed by atoms with Crippen LogP contribution < -0.4 is 4.74 Å². The fourth-order valence-electron chi connectivity index (χ4n) is 3.07. The topological polar surface area (TPSA) is 61.5 Å². The monoisotopic (exact) mass is 352 g/mol. The zero-order chi connectivity index (χ0) is 17.9. The molecular formula is C19H20N4O3. The average molecular weight is 352 g/mol. The van der Waals surface area contributed by atoms with E-state index in [9.17, 15) is 4.79 Å². The van der Waals surface area contributed by atoms with Crippen molar-refractivity contribution in [3.63, 3.8) is 0 Å². The number of rotatable bonds is 4. The number of hydrogen-bond donors (Lipinski definition) is 0. The van der Waals surface area contributed by atoms with Crippen molar-refractivity contribution in [2.24, 2.45) is 0 Å². The molecule has 134 valence electrons. The van der Waals surface area contributed by atoms with Gasteiger partial charge in [0, 0.05) is 25.5 Å². The molecule has 0 N–H and O–H groups in total. The first kappa shape index (κ1) is 16.4. The maximum absolute atomic E-state index is 13.0. The summed E-state index contributed by atoms with van der Waals surface area (Å²) in [5, 5.41) is 4.49. The molecule has 4 rings (SSSR count). The molecule has 7 heteroatoms. The first-order valence-corrected chi connectivity index (χ1v) is 8.51. The molecule has 1 saturated heterocycles. The molecule has 0 aliphatic carbocycles. The Morgan fingerprint density at radius 1 is 1.12 bits per heavy atom. The number of benzene rings is 1. The molecule has 1 aliphatic rings. The van der Waals surface area contributed by atoms with Crippen molar-refractivity contribution >= 4 is 5.91 Å². The Morgan fingerprint density at radius 2 is 1.81 bits per heavy atom. The first-order chi connectivity index (χ1) is 12.8. The average Bonchev–Trinajstić information content (AvgIpc) is 3.37. The Hall–Kier alpha value is -3.06. The van der Waals surface area contributed by atoms with Crippen molar-refractivity contribution in [3.8, 4) is 17.3 Å². The molecule has 7 nitrogen and oxygen atoms in total. The molecule has 0 spiro atoms. The molecule has 0 radical (unpaired) electrons. The molecule has 0 saturated carbocycles. The summed E-state index contributed by atoms with van der Waals surface area (Å²) in [6.45, 7) is 2.32. The summed E-state index contributed by atoms with van der Waals surface area (Å²) >= 11 is 0. The van der Waals surface area contributed by atoms with Crippen LogP contribution >= 0.6 is 0 Å². The van der Waals surface area contributed by atoms with E-state index in [0.717, 1.165) is 17.3 Å². The number of nitrogens with zero attached hydrogens (tertiary/aromatic N) is 4. The largest absolute Gasteiger partial charge is 0.497 e. The highest BCUT2D eigenvalue weighted by atomic mass is 16.5. The number of ether oxygens (including phenoxy) is 2. The lowest BCUT2D eigenvalue weighted by Crippen LogP contribution is -2.40. The summed E-state index contributed by atoms with van der Waals surface area (Å²) in [7, 11) is 1.63. The highest BCUT2D eigenvalue weighted by Gasteiger charge is 2.25. The molecular weight excluding hydrogens is 332 g/mol. The lowest BCUT2D eigenvalue weighted by Gasteiger charge is -2.26. The van der Waals surface area contributed by atoms with Gasteiger partial charge in [0.15, 0.2) is 5.82 Å². The lowest BCUT2D eigenvalue weighted by molar-refractivity contribution is 0.0303. The van der Waals surface area contributed by atoms with Gasteiger partial charge in [-0.3, -0.25) is 4.79 Å². The predicted molar refractivity (Wildman–Crippen MR) is 96.2 cm³/mol. The van der Waals surface area contributed by atoms with Gasteiger partial charge in [0.2, 0.25) is 0 Å². The van der Waals surface area contributed by atoms with Crippen molar-refractivity contribution in [2.45, 2.75) is 0 Å². The number of amides is 1. The van der Waals surface area contributed by atoms with Crippen LogP contribution in [0.25, 0.3) is 11.5 Å². The molecule has 0 unspecified atom stereocenters. The van der Waals surface area contributed by atoms with Gasteiger partial charge in [-0.15, -0.1) is 0 Å². The Bertz CT molecular complexity index is 878. The van der Waals surface area contributed by atoms with Crippen molar-refractivity contribution in [3.05, 3.63) is 60.6 Å². The molecule has 26 heavy (non-hydrogen) atoms. The SMILES string of the molecule is COc1ccc(-n2ncc(C(=O)N3CCOCC3)c2-n2cccc2)cc1. The summed E-state index contributed by atoms with van der Waals surface area (Å²) in [4.78, 5) is 14.9. The highest BCUT2D eigenvalue weighted by Crippen LogP contribution is 2.23. The molecule has 1 amide bonds. The van der Waals surface area contributed by atoms with Crippen LogP contribution in [0.1, 0.15) is 10.4 Å². The molecule has 0 bridgehead atoms. The van der Waals surface area contributed by atoms with E-state index in [1.54, 1.807) is 18.0 Å². The minimum atomic E-state index is -0.0308. The van der Waals surface area contributed by atoms with Crippen LogP contribution in [-0.2, 0) is 4.74 Å². The van der Waals surface area contributed by atoms with Gasteiger partial charge < -0.3 is 18.9 Å². The molecule has 2 aromatic heterocycles. The van der Waals surface area contributed by atoms with E-state index < -0.39 is 0 Å². The lowest BCUT2D eigenvalue weighted by atomic mass is 10.2. The van der Waals surface area contributed by atoms with Crippen LogP contribution in [0, 0.1) is 0 Å². The third-order valence-electron chi connectivity index (χ3n) is 4.44. The van der Waals surface area contributed by atoms with Gasteiger partial charge in [-0.2, -0.15) is 5.10 Å². The minimum absolute atomic E-state index is 0.0308. The summed E-state index contributed by atoms with van der Waals surface area (Å²) < 4.78 is 14.3. The van der Waals surface area contributed by atoms with E-state index in [0.29, 0.717) is 31.9 Å². The van der Waals surface area contributed by atoms with E-state index in [4.69, 9.17) is 9.47 Å². The standard InChI is InChI=1S/C19H20N4O3/c1-25-16-6-4-15(5-7-16)23-18(21-8-2-3-9-21)17(14-20-23)19(24)22-10-12-26-13-11-22/h2-9,14H,10-13H2,1H3. The molecule has 3 heterocycles. The fourth-order valence-corrected chi connectivity index (χ4v) is 3.07. The molecule has 0 atom stereocenters. The summed E-state index contributed by atoms with van der Waals surface area (Å²) in [5.74, 6) is 1.46. The fraction of sp³-hybridized carbons (Fsp3) is 0.263. The maximum atomic E-state index is 13.0. The molecule has 1 aliphatic heterocycles. The van der Waals surface area contributed by atoms with Crippen LogP contribution in [-0.4, -0.2) is 58.6 Å². The number of carbonyl (C=O) groups is 1. The zero-order valence-electron chi connectivity index (χ0n) is 14.5. The summed E-state index contributed by atoms with van der Waals surface area (Å²) in [6, 6.07) is 11.4. The Labute approximate surface area is 151 Å². The zero-order valence-corrected chi connectivity index (χ0v) is 14.5. The van der Waals surface area contributed by atoms with Crippen LogP contribution in [0.2, 0.25) is 0 Å². The van der Waals surface area contributed by atoms with E-state index in [1.807, 2.05) is 58.3 Å². The Kier molecular flexibility index (Phi) is 4.45. The second-order valence-corrected chi connectivity index (χ2v) is 5.99. The van der Waals surface area contributed by atoms with E-state index in [1.165, 1.54) is 0 Å². The third-order valence-corrected chi connectivity index (χ3v) is 4.44. The van der Waals surface area contributed by atoms with Crippen LogP contribution in [0.15, 0.2) is 55.0 Å². The van der Waals surface area contributed by atoms with Gasteiger partial charge in [-0.25, -0.2) is 4.68 Å². The molecule has 3 aromatic rings. The van der Waals surface area contributed by atoms with Crippen LogP contribution in [0.4, 0.5) is 0 Å². The van der Waals surface area contributed by atoms with Gasteiger partial charge in [0.25, 0.3) is 5.91 Å². The second kappa shape index (κ2) is 7.05. The minimum Gasteiger partial charge on any atom is -0.497 e. The van der Waals surface area contributed by atoms with Crippen molar-refractivity contribution < 1.29 is 14.3 Å². The Balaban J connectivity index is 1.77. The van der Waals surface area contributed by atoms with Crippen molar-refractivity contribution in [2.75, 3.05) is 33.4 Å². The van der Waals surface area contributed by atoms with Gasteiger partial charge in [-0.05, 0) is 36.4 Å². The number of methoxy groups -OCH3 is 1. The Morgan fingerprint density at radius 3 is 2.46 bits per heavy atom. The summed E-state index contributed by atoms with van der Waals surface area (Å²) in [6.07, 6.45) is 5.46. The molecule has 1 fully saturated rings. The third kappa shape index (κ3) is 2.97. The maximum Gasteiger partial charge on any atom is 0.259 e. The van der Waals surface area contributed by atoms with Gasteiger partial charge in [0.05, 0.1) is 32.2 Å². The van der Waals surface area contributed by atoms with Gasteiger partial charge >= 0.3 is 0 Å². The quantitative estimate of drug-likeness (QED) is 0.722. The van der Waals surface area contributed by atoms with Crippen LogP contribution in [0.5, 0.6) is 5.75 Å². The van der Waals surface area contributed by atoms with Gasteiger partial charge in [-0.1, -0.05) is 0 Å².